The number of para-hydroxylation sites is 1. The van der Waals surface area contributed by atoms with Gasteiger partial charge in [-0.1, -0.05) is 30.3 Å². The first kappa shape index (κ1) is 16.7. The molecule has 1 N–H and O–H groups in total. The highest BCUT2D eigenvalue weighted by atomic mass is 19.1. The van der Waals surface area contributed by atoms with Crippen molar-refractivity contribution in [3.8, 4) is 0 Å². The number of nitrogens with one attached hydrogen (secondary N) is 1. The molecule has 0 bridgehead atoms. The van der Waals surface area contributed by atoms with Gasteiger partial charge in [-0.05, 0) is 29.3 Å². The van der Waals surface area contributed by atoms with E-state index in [9.17, 15) is 14.0 Å². The van der Waals surface area contributed by atoms with Crippen LogP contribution in [0, 0.1) is 5.82 Å². The van der Waals surface area contributed by atoms with Crippen molar-refractivity contribution in [2.45, 2.75) is 19.0 Å². The zero-order chi connectivity index (χ0) is 19.3. The largest absolute Gasteiger partial charge is 0.357 e. The molecule has 1 saturated heterocycles. The predicted molar refractivity (Wildman–Crippen MR) is 102 cm³/mol. The van der Waals surface area contributed by atoms with Crippen molar-refractivity contribution in [2.24, 2.45) is 5.10 Å². The van der Waals surface area contributed by atoms with Crippen LogP contribution in [0.25, 0.3) is 10.9 Å². The number of amides is 2. The Labute approximate surface area is 160 Å². The van der Waals surface area contributed by atoms with Gasteiger partial charge in [-0.3, -0.25) is 9.59 Å². The molecular formula is C21H17FN4O2. The molecule has 2 aliphatic rings. The number of hydrazone groups is 1. The van der Waals surface area contributed by atoms with Crippen LogP contribution in [0.4, 0.5) is 4.39 Å². The molecular weight excluding hydrogens is 359 g/mol. The van der Waals surface area contributed by atoms with E-state index in [1.807, 2.05) is 24.3 Å². The molecule has 7 heteroatoms. The van der Waals surface area contributed by atoms with Crippen molar-refractivity contribution < 1.29 is 14.0 Å². The molecule has 2 aromatic carbocycles. The van der Waals surface area contributed by atoms with Crippen molar-refractivity contribution in [3.05, 3.63) is 71.2 Å². The number of H-pyrrole nitrogens is 1. The Hall–Kier alpha value is -3.48. The first-order valence-electron chi connectivity index (χ1n) is 9.09. The van der Waals surface area contributed by atoms with Gasteiger partial charge in [-0.2, -0.15) is 5.10 Å². The zero-order valence-electron chi connectivity index (χ0n) is 14.9. The molecule has 0 aliphatic carbocycles. The normalized spacial score (nSPS) is 19.4. The van der Waals surface area contributed by atoms with Crippen LogP contribution >= 0.6 is 0 Å². The number of benzene rings is 2. The van der Waals surface area contributed by atoms with Gasteiger partial charge < -0.3 is 9.88 Å². The molecule has 1 atom stereocenters. The lowest BCUT2D eigenvalue weighted by Gasteiger charge is -2.40. The van der Waals surface area contributed by atoms with Gasteiger partial charge in [0, 0.05) is 23.0 Å². The molecule has 6 nitrogen and oxygen atoms in total. The van der Waals surface area contributed by atoms with E-state index in [0.717, 1.165) is 22.2 Å². The summed E-state index contributed by atoms with van der Waals surface area (Å²) in [5, 5.41) is 6.49. The monoisotopic (exact) mass is 376 g/mol. The van der Waals surface area contributed by atoms with Crippen LogP contribution in [-0.4, -0.2) is 45.5 Å². The summed E-state index contributed by atoms with van der Waals surface area (Å²) in [6.07, 6.45) is 1.94. The Bertz CT molecular complexity index is 1120. The first-order chi connectivity index (χ1) is 13.6. The third-order valence-corrected chi connectivity index (χ3v) is 5.37. The van der Waals surface area contributed by atoms with E-state index in [4.69, 9.17) is 0 Å². The average molecular weight is 376 g/mol. The van der Waals surface area contributed by atoms with Gasteiger partial charge in [0.2, 0.25) is 5.91 Å². The topological polar surface area (TPSA) is 68.8 Å². The molecule has 5 rings (SSSR count). The lowest BCUT2D eigenvalue weighted by molar-refractivity contribution is -0.157. The van der Waals surface area contributed by atoms with Crippen LogP contribution in [0.5, 0.6) is 0 Å². The van der Waals surface area contributed by atoms with Crippen LogP contribution in [0.15, 0.2) is 53.6 Å². The summed E-state index contributed by atoms with van der Waals surface area (Å²) in [6.45, 7) is 0.303. The van der Waals surface area contributed by atoms with Gasteiger partial charge in [-0.15, -0.1) is 0 Å². The molecule has 1 unspecified atom stereocenters. The fraction of sp³-hybridized carbons (Fsp3) is 0.190. The SMILES string of the molecule is O=C1C2Cc3c([nH]c4ccccc34)CN2C(=O)CN1N=Cc1ccc(F)cc1. The molecule has 2 amide bonds. The first-order valence-corrected chi connectivity index (χ1v) is 9.09. The number of hydrogen-bond acceptors (Lipinski definition) is 3. The van der Waals surface area contributed by atoms with Gasteiger partial charge in [0.25, 0.3) is 5.91 Å². The third-order valence-electron chi connectivity index (χ3n) is 5.37. The molecule has 1 fully saturated rings. The molecule has 0 spiro atoms. The van der Waals surface area contributed by atoms with Crippen LogP contribution in [0.1, 0.15) is 16.8 Å². The number of halogens is 1. The smallest absolute Gasteiger partial charge is 0.266 e. The maximum atomic E-state index is 13.0. The number of fused-ring (bicyclic) bond motifs is 4. The zero-order valence-corrected chi connectivity index (χ0v) is 14.9. The van der Waals surface area contributed by atoms with E-state index >= 15 is 0 Å². The van der Waals surface area contributed by atoms with Crippen LogP contribution in [0.2, 0.25) is 0 Å². The van der Waals surface area contributed by atoms with Crippen molar-refractivity contribution in [2.75, 3.05) is 6.54 Å². The summed E-state index contributed by atoms with van der Waals surface area (Å²) in [7, 11) is 0. The number of nitrogens with zero attached hydrogens (tertiary/aromatic N) is 3. The van der Waals surface area contributed by atoms with Crippen molar-refractivity contribution >= 4 is 28.9 Å². The molecule has 0 radical (unpaired) electrons. The van der Waals surface area contributed by atoms with Gasteiger partial charge >= 0.3 is 0 Å². The summed E-state index contributed by atoms with van der Waals surface area (Å²) >= 11 is 0. The minimum Gasteiger partial charge on any atom is -0.357 e. The van der Waals surface area contributed by atoms with Crippen molar-refractivity contribution in [3.63, 3.8) is 0 Å². The summed E-state index contributed by atoms with van der Waals surface area (Å²) in [5.41, 5.74) is 3.74. The summed E-state index contributed by atoms with van der Waals surface area (Å²) in [6, 6.07) is 13.2. The number of aromatic nitrogens is 1. The fourth-order valence-electron chi connectivity index (χ4n) is 3.94. The highest BCUT2D eigenvalue weighted by molar-refractivity contribution is 5.97. The highest BCUT2D eigenvalue weighted by Gasteiger charge is 2.43. The lowest BCUT2D eigenvalue weighted by Crippen LogP contribution is -2.60. The van der Waals surface area contributed by atoms with Crippen molar-refractivity contribution in [1.82, 2.24) is 14.9 Å². The van der Waals surface area contributed by atoms with E-state index in [1.165, 1.54) is 23.4 Å². The number of piperazine rings is 1. The average Bonchev–Trinajstić information content (AvgIpc) is 3.07. The molecule has 3 heterocycles. The Balaban J connectivity index is 1.44. The molecule has 140 valence electrons. The van der Waals surface area contributed by atoms with Gasteiger partial charge in [0.1, 0.15) is 18.4 Å². The van der Waals surface area contributed by atoms with E-state index in [1.54, 1.807) is 17.0 Å². The van der Waals surface area contributed by atoms with E-state index in [-0.39, 0.29) is 24.2 Å². The second-order valence-corrected chi connectivity index (χ2v) is 7.06. The molecule has 2 aliphatic heterocycles. The minimum absolute atomic E-state index is 0.0947. The number of hydrogen-bond donors (Lipinski definition) is 1. The maximum Gasteiger partial charge on any atom is 0.266 e. The van der Waals surface area contributed by atoms with Gasteiger partial charge in [0.05, 0.1) is 12.8 Å². The molecule has 28 heavy (non-hydrogen) atoms. The summed E-state index contributed by atoms with van der Waals surface area (Å²) in [4.78, 5) is 30.7. The maximum absolute atomic E-state index is 13.0. The second kappa shape index (κ2) is 6.30. The molecule has 3 aromatic rings. The van der Waals surface area contributed by atoms with Crippen LogP contribution in [0.3, 0.4) is 0 Å². The molecule has 1 aromatic heterocycles. The van der Waals surface area contributed by atoms with Crippen LogP contribution < -0.4 is 0 Å². The Morgan fingerprint density at radius 1 is 1.07 bits per heavy atom. The third kappa shape index (κ3) is 2.67. The Morgan fingerprint density at radius 3 is 2.68 bits per heavy atom. The Morgan fingerprint density at radius 2 is 1.86 bits per heavy atom. The number of aromatic amines is 1. The predicted octanol–water partition coefficient (Wildman–Crippen LogP) is 2.44. The van der Waals surface area contributed by atoms with E-state index < -0.39 is 6.04 Å². The fourth-order valence-corrected chi connectivity index (χ4v) is 3.94. The number of carbonyl (C=O) groups is 2. The standard InChI is InChI=1S/C21H17FN4O2/c22-14-7-5-13(6-8-14)10-23-26-12-20(27)25-11-18-16(9-19(25)21(26)28)15-3-1-2-4-17(15)24-18/h1-8,10,19,24H,9,11-12H2. The quantitative estimate of drug-likeness (QED) is 0.698. The van der Waals surface area contributed by atoms with Gasteiger partial charge in [0.15, 0.2) is 0 Å². The highest BCUT2D eigenvalue weighted by Crippen LogP contribution is 2.32. The molecule has 0 saturated carbocycles. The summed E-state index contributed by atoms with van der Waals surface area (Å²) in [5.74, 6) is -0.673. The van der Waals surface area contributed by atoms with Crippen LogP contribution in [-0.2, 0) is 22.6 Å². The number of carbonyl (C=O) groups excluding carboxylic acids is 2. The summed E-state index contributed by atoms with van der Waals surface area (Å²) < 4.78 is 13.0. The minimum atomic E-state index is -0.557. The Kier molecular flexibility index (Phi) is 3.75. The van der Waals surface area contributed by atoms with E-state index in [2.05, 4.69) is 10.1 Å². The van der Waals surface area contributed by atoms with Crippen molar-refractivity contribution in [1.29, 1.82) is 0 Å². The second-order valence-electron chi connectivity index (χ2n) is 7.06. The van der Waals surface area contributed by atoms with E-state index in [0.29, 0.717) is 18.5 Å². The number of rotatable bonds is 2. The lowest BCUT2D eigenvalue weighted by atomic mass is 9.94. The van der Waals surface area contributed by atoms with Gasteiger partial charge in [-0.25, -0.2) is 9.40 Å².